The molecule has 1 amide bonds. The van der Waals surface area contributed by atoms with Crippen molar-refractivity contribution in [3.05, 3.63) is 89.2 Å². The van der Waals surface area contributed by atoms with Gasteiger partial charge in [0.2, 0.25) is 15.9 Å². The van der Waals surface area contributed by atoms with Crippen LogP contribution in [-0.4, -0.2) is 36.7 Å². The smallest absolute Gasteiger partial charge is 0.243 e. The molecule has 0 atom stereocenters. The van der Waals surface area contributed by atoms with Crippen LogP contribution in [0.25, 0.3) is 0 Å². The van der Waals surface area contributed by atoms with Crippen LogP contribution in [0, 0.1) is 0 Å². The van der Waals surface area contributed by atoms with Crippen LogP contribution < -0.4 is 4.90 Å². The van der Waals surface area contributed by atoms with E-state index in [0.717, 1.165) is 36.2 Å². The van der Waals surface area contributed by atoms with Crippen molar-refractivity contribution in [1.29, 1.82) is 0 Å². The van der Waals surface area contributed by atoms with Gasteiger partial charge in [0.25, 0.3) is 0 Å². The fourth-order valence-electron chi connectivity index (χ4n) is 4.07. The van der Waals surface area contributed by atoms with Gasteiger partial charge in [-0.3, -0.25) is 9.78 Å². The molecule has 178 valence electrons. The van der Waals surface area contributed by atoms with Gasteiger partial charge in [-0.1, -0.05) is 36.2 Å². The fourth-order valence-corrected chi connectivity index (χ4v) is 5.71. The average Bonchev–Trinajstić information content (AvgIpc) is 2.88. The number of rotatable bonds is 8. The molecule has 0 N–H and O–H groups in total. The highest BCUT2D eigenvalue weighted by Gasteiger charge is 2.25. The minimum Gasteiger partial charge on any atom is -0.306 e. The number of aromatic nitrogens is 1. The van der Waals surface area contributed by atoms with Crippen molar-refractivity contribution in [3.8, 4) is 0 Å². The van der Waals surface area contributed by atoms with E-state index in [9.17, 15) is 13.2 Å². The third-order valence-corrected chi connectivity index (χ3v) is 8.15. The van der Waals surface area contributed by atoms with Gasteiger partial charge in [0.05, 0.1) is 17.1 Å². The number of sulfonamides is 1. The normalized spacial score (nSPS) is 14.6. The third kappa shape index (κ3) is 6.03. The average molecular weight is 498 g/mol. The molecule has 1 aliphatic rings. The summed E-state index contributed by atoms with van der Waals surface area (Å²) < 4.78 is 27.3. The van der Waals surface area contributed by atoms with E-state index < -0.39 is 10.0 Å². The van der Waals surface area contributed by atoms with E-state index >= 15 is 0 Å². The van der Waals surface area contributed by atoms with Crippen LogP contribution in [0.4, 0.5) is 5.69 Å². The Balaban J connectivity index is 1.44. The number of carbonyl (C=O) groups excluding carboxylic acids is 1. The fraction of sp³-hybridized carbons (Fsp3) is 0.308. The zero-order chi connectivity index (χ0) is 24.0. The lowest BCUT2D eigenvalue weighted by Gasteiger charge is -2.26. The zero-order valence-corrected chi connectivity index (χ0v) is 20.5. The molecule has 0 bridgehead atoms. The summed E-state index contributed by atoms with van der Waals surface area (Å²) in [5, 5.41) is 0.605. The standard InChI is InChI=1S/C26H28ClN3O3S/c27-22-10-12-24(13-11-22)30(20-23-6-2-3-17-28-23)26(31)16-9-21-7-14-25(15-8-21)34(32,33)29-18-4-1-5-19-29/h2-3,6-8,10-15,17H,1,4-5,9,16,18-20H2. The zero-order valence-electron chi connectivity index (χ0n) is 18.9. The highest BCUT2D eigenvalue weighted by Crippen LogP contribution is 2.23. The lowest BCUT2D eigenvalue weighted by atomic mass is 10.1. The molecule has 0 radical (unpaired) electrons. The van der Waals surface area contributed by atoms with Crippen molar-refractivity contribution in [2.45, 2.75) is 43.5 Å². The monoisotopic (exact) mass is 497 g/mol. The second-order valence-corrected chi connectivity index (χ2v) is 10.8. The Kier molecular flexibility index (Phi) is 7.98. The summed E-state index contributed by atoms with van der Waals surface area (Å²) in [6, 6.07) is 19.7. The maximum Gasteiger partial charge on any atom is 0.243 e. The Morgan fingerprint density at radius 2 is 1.65 bits per heavy atom. The first-order chi connectivity index (χ1) is 16.4. The first kappa shape index (κ1) is 24.4. The van der Waals surface area contributed by atoms with E-state index in [2.05, 4.69) is 4.98 Å². The number of carbonyl (C=O) groups is 1. The van der Waals surface area contributed by atoms with Crippen LogP contribution in [0.2, 0.25) is 5.02 Å². The summed E-state index contributed by atoms with van der Waals surface area (Å²) in [4.78, 5) is 19.6. The molecule has 2 heterocycles. The van der Waals surface area contributed by atoms with Crippen molar-refractivity contribution < 1.29 is 13.2 Å². The summed E-state index contributed by atoms with van der Waals surface area (Å²) in [7, 11) is -3.46. The van der Waals surface area contributed by atoms with Crippen LogP contribution in [0.1, 0.15) is 36.9 Å². The number of benzene rings is 2. The van der Waals surface area contributed by atoms with Gasteiger partial charge in [-0.25, -0.2) is 8.42 Å². The Morgan fingerprint density at radius 1 is 0.941 bits per heavy atom. The van der Waals surface area contributed by atoms with Crippen molar-refractivity contribution in [2.75, 3.05) is 18.0 Å². The molecule has 4 rings (SSSR count). The Bertz CT molecular complexity index is 1190. The predicted molar refractivity (Wildman–Crippen MR) is 134 cm³/mol. The lowest BCUT2D eigenvalue weighted by Crippen LogP contribution is -2.35. The number of aryl methyl sites for hydroxylation is 1. The van der Waals surface area contributed by atoms with Crippen LogP contribution in [0.15, 0.2) is 77.8 Å². The topological polar surface area (TPSA) is 70.6 Å². The number of anilines is 1. The molecular formula is C26H28ClN3O3S. The van der Waals surface area contributed by atoms with Gasteiger partial charge >= 0.3 is 0 Å². The number of pyridine rings is 1. The van der Waals surface area contributed by atoms with Gasteiger partial charge in [0.15, 0.2) is 0 Å². The number of nitrogens with zero attached hydrogens (tertiary/aromatic N) is 3. The van der Waals surface area contributed by atoms with Crippen molar-refractivity contribution in [2.24, 2.45) is 0 Å². The van der Waals surface area contributed by atoms with E-state index in [0.29, 0.717) is 36.0 Å². The molecule has 1 aliphatic heterocycles. The van der Waals surface area contributed by atoms with Crippen molar-refractivity contribution in [1.82, 2.24) is 9.29 Å². The number of hydrogen-bond acceptors (Lipinski definition) is 4. The minimum atomic E-state index is -3.46. The van der Waals surface area contributed by atoms with E-state index in [-0.39, 0.29) is 12.3 Å². The molecule has 0 spiro atoms. The Labute approximate surface area is 206 Å². The number of halogens is 1. The molecule has 1 saturated heterocycles. The van der Waals surface area contributed by atoms with E-state index in [1.165, 1.54) is 0 Å². The first-order valence-electron chi connectivity index (χ1n) is 11.5. The van der Waals surface area contributed by atoms with Crippen LogP contribution in [-0.2, 0) is 27.8 Å². The highest BCUT2D eigenvalue weighted by atomic mass is 35.5. The van der Waals surface area contributed by atoms with Crippen molar-refractivity contribution in [3.63, 3.8) is 0 Å². The van der Waals surface area contributed by atoms with E-state index in [1.807, 2.05) is 30.3 Å². The summed E-state index contributed by atoms with van der Waals surface area (Å²) in [5.41, 5.74) is 2.46. The minimum absolute atomic E-state index is 0.0435. The summed E-state index contributed by atoms with van der Waals surface area (Å²) in [6.07, 6.45) is 5.39. The van der Waals surface area contributed by atoms with Gasteiger partial charge < -0.3 is 4.90 Å². The molecule has 0 unspecified atom stereocenters. The van der Waals surface area contributed by atoms with Gasteiger partial charge in [0, 0.05) is 36.4 Å². The van der Waals surface area contributed by atoms with Crippen LogP contribution >= 0.6 is 11.6 Å². The predicted octanol–water partition coefficient (Wildman–Crippen LogP) is 5.08. The van der Waals surface area contributed by atoms with Gasteiger partial charge in [-0.15, -0.1) is 0 Å². The van der Waals surface area contributed by atoms with Gasteiger partial charge in [-0.05, 0) is 73.4 Å². The molecule has 3 aromatic rings. The van der Waals surface area contributed by atoms with E-state index in [4.69, 9.17) is 11.6 Å². The quantitative estimate of drug-likeness (QED) is 0.435. The largest absolute Gasteiger partial charge is 0.306 e. The number of piperidine rings is 1. The summed E-state index contributed by atoms with van der Waals surface area (Å²) in [6.45, 7) is 1.51. The van der Waals surface area contributed by atoms with E-state index in [1.54, 1.807) is 51.8 Å². The van der Waals surface area contributed by atoms with Crippen LogP contribution in [0.5, 0.6) is 0 Å². The lowest BCUT2D eigenvalue weighted by molar-refractivity contribution is -0.118. The second-order valence-electron chi connectivity index (χ2n) is 8.39. The molecule has 0 aliphatic carbocycles. The van der Waals surface area contributed by atoms with Crippen LogP contribution in [0.3, 0.4) is 0 Å². The molecular weight excluding hydrogens is 470 g/mol. The van der Waals surface area contributed by atoms with Gasteiger partial charge in [0.1, 0.15) is 0 Å². The molecule has 6 nitrogen and oxygen atoms in total. The Hall–Kier alpha value is -2.74. The molecule has 2 aromatic carbocycles. The highest BCUT2D eigenvalue weighted by molar-refractivity contribution is 7.89. The Morgan fingerprint density at radius 3 is 2.29 bits per heavy atom. The molecule has 8 heteroatoms. The SMILES string of the molecule is O=C(CCc1ccc(S(=O)(=O)N2CCCCC2)cc1)N(Cc1ccccn1)c1ccc(Cl)cc1. The number of amides is 1. The summed E-state index contributed by atoms with van der Waals surface area (Å²) in [5.74, 6) is -0.0435. The maximum absolute atomic E-state index is 13.2. The molecule has 34 heavy (non-hydrogen) atoms. The molecule has 1 fully saturated rings. The number of hydrogen-bond donors (Lipinski definition) is 0. The second kappa shape index (κ2) is 11.1. The van der Waals surface area contributed by atoms with Crippen molar-refractivity contribution >= 4 is 33.2 Å². The first-order valence-corrected chi connectivity index (χ1v) is 13.3. The molecule has 0 saturated carbocycles. The van der Waals surface area contributed by atoms with Gasteiger partial charge in [-0.2, -0.15) is 4.31 Å². The summed E-state index contributed by atoms with van der Waals surface area (Å²) >= 11 is 6.03. The molecule has 1 aromatic heterocycles. The maximum atomic E-state index is 13.2. The third-order valence-electron chi connectivity index (χ3n) is 5.99.